The van der Waals surface area contributed by atoms with Crippen molar-refractivity contribution in [2.45, 2.75) is 6.42 Å². The van der Waals surface area contributed by atoms with Crippen molar-refractivity contribution in [1.29, 1.82) is 0 Å². The molecule has 0 atom stereocenters. The van der Waals surface area contributed by atoms with E-state index in [4.69, 9.17) is 5.73 Å². The average molecular weight is 334 g/mol. The van der Waals surface area contributed by atoms with Crippen LogP contribution in [0.4, 0.5) is 16.2 Å². The van der Waals surface area contributed by atoms with E-state index in [-0.39, 0.29) is 6.03 Å². The van der Waals surface area contributed by atoms with Gasteiger partial charge in [0.15, 0.2) is 0 Å². The monoisotopic (exact) mass is 333 g/mol. The van der Waals surface area contributed by atoms with Gasteiger partial charge in [0.25, 0.3) is 0 Å². The number of halogens is 1. The molecule has 0 bridgehead atoms. The molecule has 2 aromatic rings. The van der Waals surface area contributed by atoms with Crippen molar-refractivity contribution in [2.24, 2.45) is 0 Å². The van der Waals surface area contributed by atoms with Crippen molar-refractivity contribution in [2.75, 3.05) is 17.6 Å². The minimum atomic E-state index is -0.216. The maximum absolute atomic E-state index is 11.7. The second kappa shape index (κ2) is 6.96. The Kier molecular flexibility index (Phi) is 5.01. The lowest BCUT2D eigenvalue weighted by atomic mass is 10.1. The van der Waals surface area contributed by atoms with E-state index in [9.17, 15) is 4.79 Å². The Morgan fingerprint density at radius 2 is 1.70 bits per heavy atom. The molecule has 0 aromatic heterocycles. The first-order chi connectivity index (χ1) is 9.63. The molecule has 0 saturated carbocycles. The number of hydrogen-bond acceptors (Lipinski definition) is 2. The molecule has 104 valence electrons. The zero-order valence-corrected chi connectivity index (χ0v) is 12.5. The van der Waals surface area contributed by atoms with Gasteiger partial charge in [-0.05, 0) is 48.4 Å². The molecule has 20 heavy (non-hydrogen) atoms. The molecule has 2 aromatic carbocycles. The van der Waals surface area contributed by atoms with Crippen LogP contribution in [-0.4, -0.2) is 12.6 Å². The molecule has 0 aliphatic heterocycles. The predicted octanol–water partition coefficient (Wildman–Crippen LogP) is 3.40. The molecule has 0 saturated heterocycles. The molecule has 0 fully saturated rings. The highest BCUT2D eigenvalue weighted by Crippen LogP contribution is 2.11. The highest BCUT2D eigenvalue weighted by Gasteiger charge is 2.01. The van der Waals surface area contributed by atoms with Gasteiger partial charge in [0, 0.05) is 22.4 Å². The number of amides is 2. The Morgan fingerprint density at radius 1 is 1.05 bits per heavy atom. The summed E-state index contributed by atoms with van der Waals surface area (Å²) in [6.45, 7) is 0.586. The molecule has 0 heterocycles. The molecule has 0 aliphatic rings. The van der Waals surface area contributed by atoms with Gasteiger partial charge in [-0.2, -0.15) is 0 Å². The SMILES string of the molecule is Nc1ccc(NC(=O)NCCc2ccc(Br)cc2)cc1. The lowest BCUT2D eigenvalue weighted by Crippen LogP contribution is -2.30. The van der Waals surface area contributed by atoms with Crippen molar-refractivity contribution >= 4 is 33.3 Å². The second-order valence-electron chi connectivity index (χ2n) is 4.38. The summed E-state index contributed by atoms with van der Waals surface area (Å²) >= 11 is 3.39. The summed E-state index contributed by atoms with van der Waals surface area (Å²) in [6, 6.07) is 14.9. The van der Waals surface area contributed by atoms with Crippen molar-refractivity contribution in [1.82, 2.24) is 5.32 Å². The third kappa shape index (κ3) is 4.59. The third-order valence-corrected chi connectivity index (χ3v) is 3.31. The number of nitrogens with two attached hydrogens (primary N) is 1. The summed E-state index contributed by atoms with van der Waals surface area (Å²) in [5.74, 6) is 0. The van der Waals surface area contributed by atoms with E-state index in [1.807, 2.05) is 24.3 Å². The molecule has 0 radical (unpaired) electrons. The molecule has 2 amide bonds. The van der Waals surface area contributed by atoms with E-state index >= 15 is 0 Å². The van der Waals surface area contributed by atoms with Crippen LogP contribution < -0.4 is 16.4 Å². The maximum Gasteiger partial charge on any atom is 0.319 e. The fraction of sp³-hybridized carbons (Fsp3) is 0.133. The number of hydrogen-bond donors (Lipinski definition) is 3. The number of benzene rings is 2. The van der Waals surface area contributed by atoms with Crippen molar-refractivity contribution in [3.63, 3.8) is 0 Å². The van der Waals surface area contributed by atoms with Crippen LogP contribution in [0.1, 0.15) is 5.56 Å². The first kappa shape index (κ1) is 14.4. The van der Waals surface area contributed by atoms with Gasteiger partial charge in [-0.25, -0.2) is 4.79 Å². The zero-order chi connectivity index (χ0) is 14.4. The Hall–Kier alpha value is -2.01. The first-order valence-electron chi connectivity index (χ1n) is 6.28. The number of anilines is 2. The Bertz CT molecular complexity index is 567. The molecule has 0 unspecified atom stereocenters. The number of nitrogens with one attached hydrogen (secondary N) is 2. The van der Waals surface area contributed by atoms with Crippen LogP contribution in [-0.2, 0) is 6.42 Å². The van der Waals surface area contributed by atoms with Crippen LogP contribution in [0.15, 0.2) is 53.0 Å². The van der Waals surface area contributed by atoms with E-state index in [1.165, 1.54) is 5.56 Å². The summed E-state index contributed by atoms with van der Waals surface area (Å²) in [6.07, 6.45) is 0.794. The summed E-state index contributed by atoms with van der Waals surface area (Å²) in [5.41, 5.74) is 8.16. The summed E-state index contributed by atoms with van der Waals surface area (Å²) in [4.78, 5) is 11.7. The number of carbonyl (C=O) groups is 1. The molecule has 4 N–H and O–H groups in total. The minimum Gasteiger partial charge on any atom is -0.399 e. The van der Waals surface area contributed by atoms with E-state index in [0.29, 0.717) is 12.2 Å². The van der Waals surface area contributed by atoms with Crippen LogP contribution in [0.3, 0.4) is 0 Å². The normalized spacial score (nSPS) is 10.1. The zero-order valence-electron chi connectivity index (χ0n) is 10.9. The number of rotatable bonds is 4. The Labute approximate surface area is 126 Å². The van der Waals surface area contributed by atoms with E-state index < -0.39 is 0 Å². The smallest absolute Gasteiger partial charge is 0.319 e. The third-order valence-electron chi connectivity index (χ3n) is 2.78. The first-order valence-corrected chi connectivity index (χ1v) is 7.07. The molecular formula is C15H16BrN3O. The van der Waals surface area contributed by atoms with Gasteiger partial charge in [-0.1, -0.05) is 28.1 Å². The van der Waals surface area contributed by atoms with Crippen LogP contribution >= 0.6 is 15.9 Å². The summed E-state index contributed by atoms with van der Waals surface area (Å²) < 4.78 is 1.05. The van der Waals surface area contributed by atoms with Crippen LogP contribution in [0.5, 0.6) is 0 Å². The molecule has 2 rings (SSSR count). The fourth-order valence-electron chi connectivity index (χ4n) is 1.71. The largest absolute Gasteiger partial charge is 0.399 e. The van der Waals surface area contributed by atoms with Gasteiger partial charge in [-0.15, -0.1) is 0 Å². The number of carbonyl (C=O) groups excluding carboxylic acids is 1. The van der Waals surface area contributed by atoms with Crippen LogP contribution in [0.2, 0.25) is 0 Å². The van der Waals surface area contributed by atoms with Crippen molar-refractivity contribution < 1.29 is 4.79 Å². The van der Waals surface area contributed by atoms with Gasteiger partial charge in [0.05, 0.1) is 0 Å². The molecule has 0 spiro atoms. The van der Waals surface area contributed by atoms with E-state index in [2.05, 4.69) is 26.6 Å². The molecular weight excluding hydrogens is 318 g/mol. The quantitative estimate of drug-likeness (QED) is 0.750. The standard InChI is InChI=1S/C15H16BrN3O/c16-12-3-1-11(2-4-12)9-10-18-15(20)19-14-7-5-13(17)6-8-14/h1-8H,9-10,17H2,(H2,18,19,20). The average Bonchev–Trinajstić information content (AvgIpc) is 2.44. The summed E-state index contributed by atoms with van der Waals surface area (Å²) in [5, 5.41) is 5.57. The Morgan fingerprint density at radius 3 is 2.35 bits per heavy atom. The van der Waals surface area contributed by atoms with Crippen LogP contribution in [0, 0.1) is 0 Å². The summed E-state index contributed by atoms with van der Waals surface area (Å²) in [7, 11) is 0. The lowest BCUT2D eigenvalue weighted by Gasteiger charge is -2.08. The second-order valence-corrected chi connectivity index (χ2v) is 5.30. The number of urea groups is 1. The lowest BCUT2D eigenvalue weighted by molar-refractivity contribution is 0.252. The fourth-order valence-corrected chi connectivity index (χ4v) is 1.98. The number of nitrogen functional groups attached to an aromatic ring is 1. The van der Waals surface area contributed by atoms with Gasteiger partial charge in [0.1, 0.15) is 0 Å². The highest BCUT2D eigenvalue weighted by molar-refractivity contribution is 9.10. The van der Waals surface area contributed by atoms with E-state index in [1.54, 1.807) is 24.3 Å². The highest BCUT2D eigenvalue weighted by atomic mass is 79.9. The van der Waals surface area contributed by atoms with Gasteiger partial charge in [0.2, 0.25) is 0 Å². The predicted molar refractivity (Wildman–Crippen MR) is 85.7 cm³/mol. The minimum absolute atomic E-state index is 0.216. The Balaban J connectivity index is 1.75. The van der Waals surface area contributed by atoms with Gasteiger partial charge >= 0.3 is 6.03 Å². The van der Waals surface area contributed by atoms with Crippen molar-refractivity contribution in [3.8, 4) is 0 Å². The van der Waals surface area contributed by atoms with Gasteiger partial charge in [-0.3, -0.25) is 0 Å². The van der Waals surface area contributed by atoms with Crippen LogP contribution in [0.25, 0.3) is 0 Å². The topological polar surface area (TPSA) is 67.1 Å². The van der Waals surface area contributed by atoms with Crippen molar-refractivity contribution in [3.05, 3.63) is 58.6 Å². The van der Waals surface area contributed by atoms with Gasteiger partial charge < -0.3 is 16.4 Å². The molecule has 4 nitrogen and oxygen atoms in total. The maximum atomic E-state index is 11.7. The van der Waals surface area contributed by atoms with E-state index in [0.717, 1.165) is 16.6 Å². The molecule has 5 heteroatoms. The molecule has 0 aliphatic carbocycles.